The molecule has 2 aromatic carbocycles. The highest BCUT2D eigenvalue weighted by atomic mass is 32.2. The van der Waals surface area contributed by atoms with Crippen molar-refractivity contribution < 1.29 is 17.6 Å². The lowest BCUT2D eigenvalue weighted by atomic mass is 10.2. The Morgan fingerprint density at radius 2 is 1.81 bits per heavy atom. The molecule has 0 unspecified atom stereocenters. The maximum Gasteiger partial charge on any atom is 0.244 e. The number of hydrogen-bond acceptors (Lipinski definition) is 4. The molecule has 0 saturated heterocycles. The molecule has 1 heterocycles. The molecule has 26 heavy (non-hydrogen) atoms. The van der Waals surface area contributed by atoms with Crippen molar-refractivity contribution in [3.63, 3.8) is 0 Å². The SMILES string of the molecule is C[C@@H](NS(=O)(=O)c1ccccc1F)C(=O)Nc1cccc2cccnc12. The molecular weight excluding hydrogens is 357 g/mol. The summed E-state index contributed by atoms with van der Waals surface area (Å²) in [6.45, 7) is 1.38. The van der Waals surface area contributed by atoms with Crippen LogP contribution in [0.5, 0.6) is 0 Å². The number of para-hydroxylation sites is 1. The van der Waals surface area contributed by atoms with Gasteiger partial charge in [-0.15, -0.1) is 0 Å². The van der Waals surface area contributed by atoms with Crippen molar-refractivity contribution >= 4 is 32.5 Å². The highest BCUT2D eigenvalue weighted by Crippen LogP contribution is 2.21. The third kappa shape index (κ3) is 3.71. The molecule has 0 fully saturated rings. The first kappa shape index (κ1) is 18.0. The first-order valence-corrected chi connectivity index (χ1v) is 9.28. The van der Waals surface area contributed by atoms with Crippen LogP contribution in [-0.2, 0) is 14.8 Å². The van der Waals surface area contributed by atoms with E-state index in [0.29, 0.717) is 11.2 Å². The second-order valence-corrected chi connectivity index (χ2v) is 7.33. The second-order valence-electron chi connectivity index (χ2n) is 5.64. The zero-order chi connectivity index (χ0) is 18.7. The fourth-order valence-corrected chi connectivity index (χ4v) is 3.74. The van der Waals surface area contributed by atoms with Crippen LogP contribution >= 0.6 is 0 Å². The van der Waals surface area contributed by atoms with Crippen molar-refractivity contribution in [1.29, 1.82) is 0 Å². The normalized spacial score (nSPS) is 12.7. The van der Waals surface area contributed by atoms with Gasteiger partial charge < -0.3 is 5.32 Å². The van der Waals surface area contributed by atoms with Crippen molar-refractivity contribution in [2.45, 2.75) is 17.9 Å². The fourth-order valence-electron chi connectivity index (χ4n) is 2.46. The third-order valence-electron chi connectivity index (χ3n) is 3.74. The number of amides is 1. The number of sulfonamides is 1. The maximum atomic E-state index is 13.7. The molecule has 0 aliphatic heterocycles. The Morgan fingerprint density at radius 1 is 1.08 bits per heavy atom. The van der Waals surface area contributed by atoms with E-state index in [2.05, 4.69) is 15.0 Å². The van der Waals surface area contributed by atoms with Crippen LogP contribution in [0.2, 0.25) is 0 Å². The van der Waals surface area contributed by atoms with E-state index in [0.717, 1.165) is 17.5 Å². The van der Waals surface area contributed by atoms with Gasteiger partial charge in [0.2, 0.25) is 15.9 Å². The minimum absolute atomic E-state index is 0.463. The summed E-state index contributed by atoms with van der Waals surface area (Å²) < 4.78 is 40.5. The maximum absolute atomic E-state index is 13.7. The van der Waals surface area contributed by atoms with Crippen LogP contribution < -0.4 is 10.0 Å². The quantitative estimate of drug-likeness (QED) is 0.720. The van der Waals surface area contributed by atoms with Gasteiger partial charge in [-0.2, -0.15) is 4.72 Å². The Labute approximate surface area is 150 Å². The minimum atomic E-state index is -4.17. The number of pyridine rings is 1. The number of fused-ring (bicyclic) bond motifs is 1. The summed E-state index contributed by atoms with van der Waals surface area (Å²) in [5, 5.41) is 3.49. The van der Waals surface area contributed by atoms with Crippen LogP contribution in [0.15, 0.2) is 65.7 Å². The fraction of sp³-hybridized carbons (Fsp3) is 0.111. The second kappa shape index (κ2) is 7.19. The molecule has 1 aromatic heterocycles. The molecule has 1 atom stereocenters. The Kier molecular flexibility index (Phi) is 4.97. The number of benzene rings is 2. The van der Waals surface area contributed by atoms with Crippen molar-refractivity contribution in [1.82, 2.24) is 9.71 Å². The van der Waals surface area contributed by atoms with Gasteiger partial charge in [0.15, 0.2) is 0 Å². The zero-order valence-corrected chi connectivity index (χ0v) is 14.6. The van der Waals surface area contributed by atoms with E-state index < -0.39 is 32.7 Å². The lowest BCUT2D eigenvalue weighted by Gasteiger charge is -2.15. The lowest BCUT2D eigenvalue weighted by molar-refractivity contribution is -0.117. The van der Waals surface area contributed by atoms with Crippen LogP contribution in [0.25, 0.3) is 10.9 Å². The first-order valence-electron chi connectivity index (χ1n) is 7.80. The molecular formula is C18H16FN3O3S. The van der Waals surface area contributed by atoms with Gasteiger partial charge in [-0.1, -0.05) is 30.3 Å². The molecule has 0 radical (unpaired) electrons. The van der Waals surface area contributed by atoms with Gasteiger partial charge in [0.25, 0.3) is 0 Å². The number of nitrogens with zero attached hydrogens (tertiary/aromatic N) is 1. The molecule has 1 amide bonds. The van der Waals surface area contributed by atoms with Gasteiger partial charge in [0, 0.05) is 11.6 Å². The topological polar surface area (TPSA) is 88.2 Å². The summed E-state index contributed by atoms with van der Waals surface area (Å²) in [4.78, 5) is 16.1. The molecule has 6 nitrogen and oxygen atoms in total. The first-order chi connectivity index (χ1) is 12.4. The Hall–Kier alpha value is -2.84. The van der Waals surface area contributed by atoms with Gasteiger partial charge in [0.05, 0.1) is 17.2 Å². The van der Waals surface area contributed by atoms with Crippen LogP contribution in [0.4, 0.5) is 10.1 Å². The summed E-state index contributed by atoms with van der Waals surface area (Å²) in [5.41, 5.74) is 1.05. The summed E-state index contributed by atoms with van der Waals surface area (Å²) in [6.07, 6.45) is 1.60. The lowest BCUT2D eigenvalue weighted by Crippen LogP contribution is -2.41. The van der Waals surface area contributed by atoms with Crippen LogP contribution in [0.1, 0.15) is 6.92 Å². The molecule has 3 aromatic rings. The predicted octanol–water partition coefficient (Wildman–Crippen LogP) is 2.68. The minimum Gasteiger partial charge on any atom is -0.323 e. The average molecular weight is 373 g/mol. The number of halogens is 1. The highest BCUT2D eigenvalue weighted by Gasteiger charge is 2.24. The van der Waals surface area contributed by atoms with Crippen molar-refractivity contribution in [3.8, 4) is 0 Å². The van der Waals surface area contributed by atoms with Crippen LogP contribution in [-0.4, -0.2) is 25.4 Å². The van der Waals surface area contributed by atoms with Crippen LogP contribution in [0.3, 0.4) is 0 Å². The number of aromatic nitrogens is 1. The number of hydrogen-bond donors (Lipinski definition) is 2. The monoisotopic (exact) mass is 373 g/mol. The van der Waals surface area contributed by atoms with Gasteiger partial charge in [-0.3, -0.25) is 9.78 Å². The molecule has 134 valence electrons. The number of carbonyl (C=O) groups excluding carboxylic acids is 1. The zero-order valence-electron chi connectivity index (χ0n) is 13.8. The molecule has 0 aliphatic carbocycles. The van der Waals surface area contributed by atoms with Crippen molar-refractivity contribution in [2.75, 3.05) is 5.32 Å². The van der Waals surface area contributed by atoms with E-state index >= 15 is 0 Å². The number of nitrogens with one attached hydrogen (secondary N) is 2. The summed E-state index contributed by atoms with van der Waals surface area (Å²) >= 11 is 0. The van der Waals surface area contributed by atoms with Crippen molar-refractivity contribution in [2.24, 2.45) is 0 Å². The van der Waals surface area contributed by atoms with Gasteiger partial charge >= 0.3 is 0 Å². The van der Waals surface area contributed by atoms with Crippen LogP contribution in [0, 0.1) is 5.82 Å². The molecule has 8 heteroatoms. The Morgan fingerprint density at radius 3 is 2.58 bits per heavy atom. The van der Waals surface area contributed by atoms with Gasteiger partial charge in [0.1, 0.15) is 10.7 Å². The predicted molar refractivity (Wildman–Crippen MR) is 96.6 cm³/mol. The average Bonchev–Trinajstić information content (AvgIpc) is 2.62. The number of carbonyl (C=O) groups is 1. The van der Waals surface area contributed by atoms with E-state index in [-0.39, 0.29) is 0 Å². The van der Waals surface area contributed by atoms with Gasteiger partial charge in [-0.05, 0) is 31.2 Å². The summed E-state index contributed by atoms with van der Waals surface area (Å²) in [5.74, 6) is -1.46. The molecule has 0 spiro atoms. The standard InChI is InChI=1S/C18H16FN3O3S/c1-12(22-26(24,25)16-10-3-2-8-14(16)19)18(23)21-15-9-4-6-13-7-5-11-20-17(13)15/h2-12,22H,1H3,(H,21,23)/t12-/m1/s1. The Balaban J connectivity index is 1.79. The Bertz CT molecular complexity index is 1060. The highest BCUT2D eigenvalue weighted by molar-refractivity contribution is 7.89. The summed E-state index contributed by atoms with van der Waals surface area (Å²) in [6, 6.07) is 12.8. The van der Waals surface area contributed by atoms with E-state index in [1.807, 2.05) is 12.1 Å². The molecule has 2 N–H and O–H groups in total. The van der Waals surface area contributed by atoms with E-state index in [9.17, 15) is 17.6 Å². The number of rotatable bonds is 5. The summed E-state index contributed by atoms with van der Waals surface area (Å²) in [7, 11) is -4.17. The van der Waals surface area contributed by atoms with E-state index in [1.54, 1.807) is 24.4 Å². The largest absolute Gasteiger partial charge is 0.323 e. The molecule has 0 saturated carbocycles. The van der Waals surface area contributed by atoms with Gasteiger partial charge in [-0.25, -0.2) is 12.8 Å². The molecule has 3 rings (SSSR count). The molecule has 0 aliphatic rings. The van der Waals surface area contributed by atoms with E-state index in [1.165, 1.54) is 19.1 Å². The van der Waals surface area contributed by atoms with E-state index in [4.69, 9.17) is 0 Å². The smallest absolute Gasteiger partial charge is 0.244 e. The third-order valence-corrected chi connectivity index (χ3v) is 5.32. The van der Waals surface area contributed by atoms with Crippen molar-refractivity contribution in [3.05, 3.63) is 66.6 Å². The number of anilines is 1. The molecule has 0 bridgehead atoms.